The van der Waals surface area contributed by atoms with Crippen molar-refractivity contribution in [2.45, 2.75) is 38.5 Å². The molecule has 0 aromatic heterocycles. The third-order valence-electron chi connectivity index (χ3n) is 4.11. The minimum Gasteiger partial charge on any atom is -0.481 e. The number of likely N-dealkylation sites (tertiary alicyclic amines) is 1. The molecule has 0 bridgehead atoms. The lowest BCUT2D eigenvalue weighted by atomic mass is 9.92. The van der Waals surface area contributed by atoms with Gasteiger partial charge >= 0.3 is 12.1 Å². The van der Waals surface area contributed by atoms with Gasteiger partial charge in [-0.05, 0) is 18.4 Å². The molecule has 1 amide bonds. The van der Waals surface area contributed by atoms with E-state index in [0.717, 1.165) is 5.56 Å². The number of benzene rings is 1. The number of hydrogen-bond donors (Lipinski definition) is 2. The summed E-state index contributed by atoms with van der Waals surface area (Å²) < 4.78 is 5.30. The number of halogens is 1. The Labute approximate surface area is 142 Å². The molecule has 1 aliphatic rings. The lowest BCUT2D eigenvalue weighted by Gasteiger charge is -2.30. The molecular formula is C16H23ClN2O4. The van der Waals surface area contributed by atoms with Gasteiger partial charge in [0.1, 0.15) is 6.61 Å². The van der Waals surface area contributed by atoms with Crippen molar-refractivity contribution in [3.05, 3.63) is 35.9 Å². The quantitative estimate of drug-likeness (QED) is 0.856. The van der Waals surface area contributed by atoms with Gasteiger partial charge in [0, 0.05) is 12.6 Å². The summed E-state index contributed by atoms with van der Waals surface area (Å²) in [5, 5.41) is 9.32. The lowest BCUT2D eigenvalue weighted by Crippen LogP contribution is -2.49. The van der Waals surface area contributed by atoms with E-state index in [-0.39, 0.29) is 25.1 Å². The van der Waals surface area contributed by atoms with Crippen LogP contribution in [0.3, 0.4) is 0 Å². The van der Waals surface area contributed by atoms with E-state index in [1.165, 1.54) is 4.90 Å². The number of carbonyl (C=O) groups excluding carboxylic acids is 1. The lowest BCUT2D eigenvalue weighted by molar-refractivity contribution is -0.143. The Morgan fingerprint density at radius 2 is 2.04 bits per heavy atom. The van der Waals surface area contributed by atoms with E-state index in [1.807, 2.05) is 30.3 Å². The first-order valence-electron chi connectivity index (χ1n) is 7.50. The van der Waals surface area contributed by atoms with Crippen molar-refractivity contribution in [1.29, 1.82) is 0 Å². The highest BCUT2D eigenvalue weighted by Gasteiger charge is 2.43. The topological polar surface area (TPSA) is 92.9 Å². The highest BCUT2D eigenvalue weighted by molar-refractivity contribution is 5.85. The van der Waals surface area contributed by atoms with Gasteiger partial charge in [0.15, 0.2) is 0 Å². The summed E-state index contributed by atoms with van der Waals surface area (Å²) in [6.45, 7) is 2.39. The van der Waals surface area contributed by atoms with Crippen LogP contribution in [0.4, 0.5) is 4.79 Å². The Hall–Kier alpha value is -1.79. The zero-order chi connectivity index (χ0) is 16.1. The van der Waals surface area contributed by atoms with Crippen molar-refractivity contribution in [3.63, 3.8) is 0 Å². The highest BCUT2D eigenvalue weighted by Crippen LogP contribution is 2.26. The zero-order valence-electron chi connectivity index (χ0n) is 13.1. The van der Waals surface area contributed by atoms with E-state index in [2.05, 4.69) is 0 Å². The summed E-state index contributed by atoms with van der Waals surface area (Å²) in [5.74, 6) is -1.59. The van der Waals surface area contributed by atoms with Gasteiger partial charge in [-0.1, -0.05) is 37.3 Å². The summed E-state index contributed by atoms with van der Waals surface area (Å²) >= 11 is 0. The maximum absolute atomic E-state index is 12.3. The number of amides is 1. The molecular weight excluding hydrogens is 320 g/mol. The zero-order valence-corrected chi connectivity index (χ0v) is 13.9. The standard InChI is InChI=1S/C16H22N2O4.ClH/c1-2-12(15(19)20)14-13(17)8-9-18(14)16(21)22-10-11-6-4-3-5-7-11;/h3-7,12-14H,2,8-10,17H2,1H3,(H,19,20);1H/t12?,13-,14+;/m0./s1. The second-order valence-electron chi connectivity index (χ2n) is 5.53. The van der Waals surface area contributed by atoms with Gasteiger partial charge in [-0.15, -0.1) is 12.4 Å². The van der Waals surface area contributed by atoms with Crippen LogP contribution in [-0.2, 0) is 16.1 Å². The van der Waals surface area contributed by atoms with E-state index in [9.17, 15) is 14.7 Å². The Kier molecular flexibility index (Phi) is 7.32. The van der Waals surface area contributed by atoms with Crippen molar-refractivity contribution in [3.8, 4) is 0 Å². The van der Waals surface area contributed by atoms with Crippen LogP contribution in [0.2, 0.25) is 0 Å². The summed E-state index contributed by atoms with van der Waals surface area (Å²) in [7, 11) is 0. The molecule has 0 spiro atoms. The fourth-order valence-electron chi connectivity index (χ4n) is 2.93. The molecule has 3 atom stereocenters. The number of hydrogen-bond acceptors (Lipinski definition) is 4. The van der Waals surface area contributed by atoms with Crippen molar-refractivity contribution in [2.24, 2.45) is 11.7 Å². The second-order valence-corrected chi connectivity index (χ2v) is 5.53. The second kappa shape index (κ2) is 8.74. The number of ether oxygens (including phenoxy) is 1. The van der Waals surface area contributed by atoms with Gasteiger partial charge in [-0.2, -0.15) is 0 Å². The fourth-order valence-corrected chi connectivity index (χ4v) is 2.93. The van der Waals surface area contributed by atoms with Gasteiger partial charge < -0.3 is 20.5 Å². The first-order valence-corrected chi connectivity index (χ1v) is 7.50. The van der Waals surface area contributed by atoms with Gasteiger partial charge in [-0.3, -0.25) is 4.79 Å². The Balaban J connectivity index is 0.00000264. The number of nitrogens with two attached hydrogens (primary N) is 1. The normalized spacial score (nSPS) is 21.4. The van der Waals surface area contributed by atoms with Crippen LogP contribution in [0.25, 0.3) is 0 Å². The van der Waals surface area contributed by atoms with E-state index in [0.29, 0.717) is 19.4 Å². The molecule has 1 unspecified atom stereocenters. The molecule has 0 radical (unpaired) electrons. The van der Waals surface area contributed by atoms with Crippen LogP contribution in [0.5, 0.6) is 0 Å². The van der Waals surface area contributed by atoms with E-state index < -0.39 is 24.0 Å². The molecule has 1 heterocycles. The van der Waals surface area contributed by atoms with Gasteiger partial charge in [0.25, 0.3) is 0 Å². The molecule has 1 fully saturated rings. The molecule has 6 nitrogen and oxygen atoms in total. The number of rotatable bonds is 5. The summed E-state index contributed by atoms with van der Waals surface area (Å²) in [6.07, 6.45) is 0.520. The molecule has 128 valence electrons. The number of carboxylic acid groups (broad SMARTS) is 1. The molecule has 1 aliphatic heterocycles. The Bertz CT molecular complexity index is 526. The van der Waals surface area contributed by atoms with Crippen molar-refractivity contribution < 1.29 is 19.4 Å². The van der Waals surface area contributed by atoms with Crippen LogP contribution in [0, 0.1) is 5.92 Å². The summed E-state index contributed by atoms with van der Waals surface area (Å²) in [6, 6.07) is 8.53. The van der Waals surface area contributed by atoms with Crippen LogP contribution in [0.15, 0.2) is 30.3 Å². The molecule has 7 heteroatoms. The maximum Gasteiger partial charge on any atom is 0.410 e. The van der Waals surface area contributed by atoms with E-state index in [4.69, 9.17) is 10.5 Å². The summed E-state index contributed by atoms with van der Waals surface area (Å²) in [5.41, 5.74) is 6.91. The smallest absolute Gasteiger partial charge is 0.410 e. The van der Waals surface area contributed by atoms with Crippen molar-refractivity contribution >= 4 is 24.5 Å². The number of aliphatic carboxylic acids is 1. The monoisotopic (exact) mass is 342 g/mol. The molecule has 1 aromatic rings. The van der Waals surface area contributed by atoms with Gasteiger partial charge in [0.2, 0.25) is 0 Å². The van der Waals surface area contributed by atoms with E-state index in [1.54, 1.807) is 6.92 Å². The fraction of sp³-hybridized carbons (Fsp3) is 0.500. The summed E-state index contributed by atoms with van der Waals surface area (Å²) in [4.78, 5) is 25.1. The van der Waals surface area contributed by atoms with Gasteiger partial charge in [0.05, 0.1) is 12.0 Å². The first kappa shape index (κ1) is 19.3. The van der Waals surface area contributed by atoms with E-state index >= 15 is 0 Å². The minimum absolute atomic E-state index is 0. The van der Waals surface area contributed by atoms with Crippen LogP contribution in [-0.4, -0.2) is 40.7 Å². The van der Waals surface area contributed by atoms with Crippen LogP contribution >= 0.6 is 12.4 Å². The number of carbonyl (C=O) groups is 2. The SMILES string of the molecule is CCC(C(=O)O)[C@@H]1[C@@H](N)CCN1C(=O)OCc1ccccc1.Cl. The van der Waals surface area contributed by atoms with Crippen molar-refractivity contribution in [1.82, 2.24) is 4.90 Å². The van der Waals surface area contributed by atoms with Gasteiger partial charge in [-0.25, -0.2) is 4.79 Å². The average Bonchev–Trinajstić information content (AvgIpc) is 2.88. The Morgan fingerprint density at radius 3 is 2.61 bits per heavy atom. The van der Waals surface area contributed by atoms with Crippen molar-refractivity contribution in [2.75, 3.05) is 6.54 Å². The largest absolute Gasteiger partial charge is 0.481 e. The molecule has 0 aliphatic carbocycles. The Morgan fingerprint density at radius 1 is 1.39 bits per heavy atom. The maximum atomic E-state index is 12.3. The predicted molar refractivity (Wildman–Crippen MR) is 88.4 cm³/mol. The first-order chi connectivity index (χ1) is 10.5. The molecule has 2 rings (SSSR count). The molecule has 3 N–H and O–H groups in total. The molecule has 23 heavy (non-hydrogen) atoms. The third-order valence-corrected chi connectivity index (χ3v) is 4.11. The third kappa shape index (κ3) is 4.59. The van der Waals surface area contributed by atoms with Crippen LogP contribution in [0.1, 0.15) is 25.3 Å². The molecule has 1 aromatic carbocycles. The predicted octanol–water partition coefficient (Wildman–Crippen LogP) is 2.26. The molecule has 0 saturated carbocycles. The van der Waals surface area contributed by atoms with Crippen LogP contribution < -0.4 is 5.73 Å². The minimum atomic E-state index is -0.925. The highest BCUT2D eigenvalue weighted by atomic mass is 35.5. The number of carboxylic acids is 1. The average molecular weight is 343 g/mol. The molecule has 1 saturated heterocycles. The number of nitrogens with zero attached hydrogens (tertiary/aromatic N) is 1.